The summed E-state index contributed by atoms with van der Waals surface area (Å²) in [6.07, 6.45) is -1.63. The monoisotopic (exact) mass is 405 g/mol. The lowest BCUT2D eigenvalue weighted by molar-refractivity contribution is -0.170. The molecule has 0 aliphatic carbocycles. The minimum absolute atomic E-state index is 0.301. The van der Waals surface area contributed by atoms with Gasteiger partial charge in [-0.05, 0) is 19.0 Å². The Hall–Kier alpha value is -2.63. The maximum Gasteiger partial charge on any atom is 0.336 e. The van der Waals surface area contributed by atoms with Crippen molar-refractivity contribution in [2.24, 2.45) is 0 Å². The number of carboxylic acids is 3. The summed E-state index contributed by atoms with van der Waals surface area (Å²) in [5.74, 6) is -6.64. The molecule has 9 nitrogen and oxygen atoms in total. The summed E-state index contributed by atoms with van der Waals surface area (Å²) in [4.78, 5) is 30.5. The molecule has 1 fully saturated rings. The van der Waals surface area contributed by atoms with Gasteiger partial charge in [-0.15, -0.1) is 0 Å². The summed E-state index contributed by atoms with van der Waals surface area (Å²) < 4.78 is 32.0. The van der Waals surface area contributed by atoms with Crippen LogP contribution in [0.2, 0.25) is 0 Å². The Labute approximate surface area is 158 Å². The fraction of sp³-hybridized carbons (Fsp3) is 0.471. The van der Waals surface area contributed by atoms with Crippen molar-refractivity contribution in [1.82, 2.24) is 5.32 Å². The topological polar surface area (TPSA) is 153 Å². The number of hydrogen-bond donors (Lipinski definition) is 5. The van der Waals surface area contributed by atoms with E-state index in [1.165, 1.54) is 13.2 Å². The normalized spacial score (nSPS) is 18.9. The number of rotatable bonds is 7. The summed E-state index contributed by atoms with van der Waals surface area (Å²) in [6, 6.07) is 4.20. The zero-order valence-electron chi connectivity index (χ0n) is 14.9. The van der Waals surface area contributed by atoms with Crippen molar-refractivity contribution in [1.29, 1.82) is 0 Å². The largest absolute Gasteiger partial charge is 0.481 e. The van der Waals surface area contributed by atoms with Gasteiger partial charge >= 0.3 is 17.9 Å². The minimum atomic E-state index is -2.74. The van der Waals surface area contributed by atoms with Crippen LogP contribution in [0, 0.1) is 11.6 Å². The van der Waals surface area contributed by atoms with Crippen molar-refractivity contribution >= 4 is 17.9 Å². The van der Waals surface area contributed by atoms with Gasteiger partial charge in [-0.2, -0.15) is 0 Å². The van der Waals surface area contributed by atoms with E-state index in [1.807, 2.05) is 0 Å². The predicted octanol–water partition coefficient (Wildman–Crippen LogP) is 0.551. The molecule has 28 heavy (non-hydrogen) atoms. The number of benzene rings is 1. The van der Waals surface area contributed by atoms with Gasteiger partial charge in [0.25, 0.3) is 0 Å². The Kier molecular flexibility index (Phi) is 7.97. The second-order valence-corrected chi connectivity index (χ2v) is 6.20. The average molecular weight is 405 g/mol. The molecule has 1 saturated heterocycles. The molecule has 1 aliphatic heterocycles. The van der Waals surface area contributed by atoms with Crippen molar-refractivity contribution < 1.29 is 48.3 Å². The first kappa shape index (κ1) is 23.4. The predicted molar refractivity (Wildman–Crippen MR) is 89.6 cm³/mol. The van der Waals surface area contributed by atoms with Crippen molar-refractivity contribution in [3.05, 3.63) is 35.4 Å². The molecule has 1 unspecified atom stereocenters. The Morgan fingerprint density at radius 2 is 1.75 bits per heavy atom. The molecule has 0 bridgehead atoms. The lowest BCUT2D eigenvalue weighted by Gasteiger charge is -2.27. The molecule has 156 valence electrons. The van der Waals surface area contributed by atoms with Crippen LogP contribution in [-0.2, 0) is 24.7 Å². The molecule has 2 rings (SSSR count). The lowest BCUT2D eigenvalue weighted by Crippen LogP contribution is -2.42. The first-order valence-electron chi connectivity index (χ1n) is 8.07. The molecule has 1 heterocycles. The van der Waals surface area contributed by atoms with Crippen LogP contribution in [0.25, 0.3) is 0 Å². The minimum Gasteiger partial charge on any atom is -0.481 e. The lowest BCUT2D eigenvalue weighted by atomic mass is 9.92. The van der Waals surface area contributed by atoms with E-state index in [0.29, 0.717) is 18.5 Å². The highest BCUT2D eigenvalue weighted by atomic mass is 19.2. The first-order valence-corrected chi connectivity index (χ1v) is 8.07. The number of nitrogens with one attached hydrogen (secondary N) is 1. The summed E-state index contributed by atoms with van der Waals surface area (Å²) >= 11 is 0. The Morgan fingerprint density at radius 1 is 1.18 bits per heavy atom. The van der Waals surface area contributed by atoms with Gasteiger partial charge < -0.3 is 30.5 Å². The smallest absolute Gasteiger partial charge is 0.336 e. The highest BCUT2D eigenvalue weighted by Crippen LogP contribution is 2.33. The summed E-state index contributed by atoms with van der Waals surface area (Å²) in [5, 5.41) is 36.9. The van der Waals surface area contributed by atoms with Gasteiger partial charge in [0.05, 0.1) is 12.8 Å². The van der Waals surface area contributed by atoms with Crippen LogP contribution in [0.4, 0.5) is 8.78 Å². The molecule has 0 amide bonds. The third-order valence-corrected chi connectivity index (χ3v) is 4.23. The highest BCUT2D eigenvalue weighted by Gasteiger charge is 2.41. The van der Waals surface area contributed by atoms with E-state index in [9.17, 15) is 23.2 Å². The number of ether oxygens (including phenoxy) is 1. The SMILES string of the molecule is COC1(c2cccc(F)c2F)CCNC1.O=C(O)CC(O)(CC(=O)O)C(=O)O. The van der Waals surface area contributed by atoms with Crippen molar-refractivity contribution in [3.63, 3.8) is 0 Å². The van der Waals surface area contributed by atoms with Crippen LogP contribution < -0.4 is 5.32 Å². The highest BCUT2D eigenvalue weighted by molar-refractivity contribution is 5.88. The molecule has 1 atom stereocenters. The second kappa shape index (κ2) is 9.53. The van der Waals surface area contributed by atoms with Crippen LogP contribution in [-0.4, -0.2) is 64.1 Å². The van der Waals surface area contributed by atoms with E-state index in [1.54, 1.807) is 6.07 Å². The van der Waals surface area contributed by atoms with Crippen LogP contribution in [0.3, 0.4) is 0 Å². The van der Waals surface area contributed by atoms with Crippen molar-refractivity contribution in [3.8, 4) is 0 Å². The van der Waals surface area contributed by atoms with E-state index in [4.69, 9.17) is 25.2 Å². The van der Waals surface area contributed by atoms with Gasteiger partial charge in [0, 0.05) is 19.2 Å². The number of hydrogen-bond acceptors (Lipinski definition) is 6. The third kappa shape index (κ3) is 5.68. The number of methoxy groups -OCH3 is 1. The number of aliphatic hydroxyl groups is 1. The van der Waals surface area contributed by atoms with E-state index in [2.05, 4.69) is 5.32 Å². The van der Waals surface area contributed by atoms with Gasteiger partial charge in [0.1, 0.15) is 5.60 Å². The zero-order chi connectivity index (χ0) is 21.5. The van der Waals surface area contributed by atoms with E-state index < -0.39 is 53.6 Å². The van der Waals surface area contributed by atoms with E-state index in [0.717, 1.165) is 12.6 Å². The molecule has 11 heteroatoms. The Bertz CT molecular complexity index is 718. The quantitative estimate of drug-likeness (QED) is 0.438. The molecule has 1 aromatic carbocycles. The first-order chi connectivity index (χ1) is 13.0. The van der Waals surface area contributed by atoms with Crippen molar-refractivity contribution in [2.45, 2.75) is 30.5 Å². The molecule has 0 radical (unpaired) electrons. The van der Waals surface area contributed by atoms with Crippen LogP contribution in [0.1, 0.15) is 24.8 Å². The van der Waals surface area contributed by atoms with Crippen molar-refractivity contribution in [2.75, 3.05) is 20.2 Å². The van der Waals surface area contributed by atoms with Gasteiger partial charge in [0.15, 0.2) is 17.2 Å². The standard InChI is InChI=1S/C11H13F2NO.C6H8O7/c1-15-11(5-6-14-7-11)8-3-2-4-9(12)10(8)13;7-3(8)1-6(13,5(11)12)2-4(9)10/h2-4,14H,5-7H2,1H3;13H,1-2H2,(H,7,8)(H,9,10)(H,11,12). The zero-order valence-corrected chi connectivity index (χ0v) is 14.9. The van der Waals surface area contributed by atoms with Gasteiger partial charge in [-0.25, -0.2) is 13.6 Å². The van der Waals surface area contributed by atoms with Crippen LogP contribution in [0.15, 0.2) is 18.2 Å². The van der Waals surface area contributed by atoms with Crippen LogP contribution in [0.5, 0.6) is 0 Å². The maximum absolute atomic E-state index is 13.6. The molecule has 0 aromatic heterocycles. The average Bonchev–Trinajstić information content (AvgIpc) is 3.06. The second-order valence-electron chi connectivity index (χ2n) is 6.20. The summed E-state index contributed by atoms with van der Waals surface area (Å²) in [7, 11) is 1.53. The fourth-order valence-corrected chi connectivity index (χ4v) is 2.75. The van der Waals surface area contributed by atoms with E-state index in [-0.39, 0.29) is 0 Å². The summed E-state index contributed by atoms with van der Waals surface area (Å²) in [5.41, 5.74) is -3.15. The molecular weight excluding hydrogens is 384 g/mol. The molecule has 1 aromatic rings. The molecule has 1 aliphatic rings. The van der Waals surface area contributed by atoms with E-state index >= 15 is 0 Å². The number of carboxylic acid groups (broad SMARTS) is 3. The number of aliphatic carboxylic acids is 3. The Morgan fingerprint density at radius 3 is 2.14 bits per heavy atom. The van der Waals surface area contributed by atoms with Gasteiger partial charge in [-0.1, -0.05) is 12.1 Å². The Balaban J connectivity index is 0.000000284. The molecule has 5 N–H and O–H groups in total. The third-order valence-electron chi connectivity index (χ3n) is 4.23. The summed E-state index contributed by atoms with van der Waals surface area (Å²) in [6.45, 7) is 1.27. The van der Waals surface area contributed by atoms with Gasteiger partial charge in [0.2, 0.25) is 0 Å². The number of halogens is 2. The maximum atomic E-state index is 13.6. The molecular formula is C17H21F2NO8. The fourth-order valence-electron chi connectivity index (χ4n) is 2.75. The molecule has 0 spiro atoms. The van der Waals surface area contributed by atoms with Crippen LogP contribution >= 0.6 is 0 Å². The molecule has 0 saturated carbocycles. The number of carbonyl (C=O) groups is 3. The van der Waals surface area contributed by atoms with Gasteiger partial charge in [-0.3, -0.25) is 9.59 Å².